The highest BCUT2D eigenvalue weighted by atomic mass is 16.5. The summed E-state index contributed by atoms with van der Waals surface area (Å²) >= 11 is 0. The smallest absolute Gasteiger partial charge is 0.338 e. The van der Waals surface area contributed by atoms with Crippen molar-refractivity contribution in [2.45, 2.75) is 13.8 Å². The Bertz CT molecular complexity index is 1040. The van der Waals surface area contributed by atoms with Gasteiger partial charge in [-0.1, -0.05) is 24.8 Å². The lowest BCUT2D eigenvalue weighted by Crippen LogP contribution is -2.28. The van der Waals surface area contributed by atoms with Crippen molar-refractivity contribution in [3.63, 3.8) is 0 Å². The summed E-state index contributed by atoms with van der Waals surface area (Å²) < 4.78 is 5.41. The maximum atomic E-state index is 12.3. The molecular formula is C25H25N3O3. The highest BCUT2D eigenvalue weighted by Gasteiger charge is 2.11. The van der Waals surface area contributed by atoms with E-state index < -0.39 is 5.97 Å². The third-order valence-electron chi connectivity index (χ3n) is 4.86. The van der Waals surface area contributed by atoms with Crippen LogP contribution in [-0.2, 0) is 4.74 Å². The first-order valence-electron chi connectivity index (χ1n) is 9.87. The number of esters is 1. The second-order valence-electron chi connectivity index (χ2n) is 6.88. The van der Waals surface area contributed by atoms with E-state index in [0.29, 0.717) is 17.7 Å². The molecule has 0 aliphatic heterocycles. The molecule has 0 amide bonds. The number of nitriles is 2. The maximum absolute atomic E-state index is 12.3. The molecule has 0 aromatic heterocycles. The van der Waals surface area contributed by atoms with Crippen molar-refractivity contribution in [2.75, 3.05) is 31.2 Å². The Labute approximate surface area is 182 Å². The molecule has 0 aliphatic carbocycles. The molecule has 0 saturated carbocycles. The first-order valence-corrected chi connectivity index (χ1v) is 9.87. The van der Waals surface area contributed by atoms with Gasteiger partial charge in [-0.3, -0.25) is 0 Å². The Morgan fingerprint density at radius 3 is 2.35 bits per heavy atom. The third-order valence-corrected chi connectivity index (χ3v) is 4.86. The maximum Gasteiger partial charge on any atom is 0.338 e. The fourth-order valence-corrected chi connectivity index (χ4v) is 3.00. The molecular weight excluding hydrogens is 390 g/mol. The second kappa shape index (κ2) is 11.3. The van der Waals surface area contributed by atoms with E-state index in [9.17, 15) is 4.79 Å². The fourth-order valence-electron chi connectivity index (χ4n) is 3.00. The van der Waals surface area contributed by atoms with Gasteiger partial charge in [0, 0.05) is 12.2 Å². The fraction of sp³-hybridized carbons (Fsp3) is 0.240. The summed E-state index contributed by atoms with van der Waals surface area (Å²) in [6, 6.07) is 16.3. The summed E-state index contributed by atoms with van der Waals surface area (Å²) in [6.07, 6.45) is 1.57. The first kappa shape index (κ1) is 23.4. The van der Waals surface area contributed by atoms with E-state index in [1.807, 2.05) is 44.2 Å². The van der Waals surface area contributed by atoms with Crippen molar-refractivity contribution in [3.05, 3.63) is 76.9 Å². The monoisotopic (exact) mass is 415 g/mol. The van der Waals surface area contributed by atoms with Crippen molar-refractivity contribution in [1.29, 1.82) is 10.5 Å². The molecule has 0 saturated heterocycles. The lowest BCUT2D eigenvalue weighted by molar-refractivity contribution is 0.0515. The lowest BCUT2D eigenvalue weighted by Gasteiger charge is -2.23. The van der Waals surface area contributed by atoms with Gasteiger partial charge in [0.15, 0.2) is 0 Å². The molecule has 2 aromatic carbocycles. The number of aliphatic hydroxyl groups is 1. The van der Waals surface area contributed by atoms with Crippen molar-refractivity contribution in [2.24, 2.45) is 0 Å². The SMILES string of the molecule is C=C(CO)c1ccc(C(=O)OCCN(CC)c2ccc(C=C(C#N)C#N)c(C)c2)cc1. The van der Waals surface area contributed by atoms with Gasteiger partial charge in [0.25, 0.3) is 0 Å². The molecule has 2 rings (SSSR count). The van der Waals surface area contributed by atoms with Gasteiger partial charge in [-0.15, -0.1) is 0 Å². The topological polar surface area (TPSA) is 97.3 Å². The molecule has 0 radical (unpaired) electrons. The van der Waals surface area contributed by atoms with Crippen LogP contribution in [0.5, 0.6) is 0 Å². The van der Waals surface area contributed by atoms with Crippen molar-refractivity contribution in [1.82, 2.24) is 0 Å². The minimum Gasteiger partial charge on any atom is -0.460 e. The molecule has 0 bridgehead atoms. The number of anilines is 1. The Balaban J connectivity index is 1.99. The van der Waals surface area contributed by atoms with Crippen LogP contribution in [0.15, 0.2) is 54.6 Å². The molecule has 2 aromatic rings. The Kier molecular flexibility index (Phi) is 8.57. The van der Waals surface area contributed by atoms with Gasteiger partial charge < -0.3 is 14.7 Å². The molecule has 0 atom stereocenters. The molecule has 0 spiro atoms. The Morgan fingerprint density at radius 2 is 1.81 bits per heavy atom. The lowest BCUT2D eigenvalue weighted by atomic mass is 10.0. The van der Waals surface area contributed by atoms with Gasteiger partial charge >= 0.3 is 5.97 Å². The number of nitrogens with zero attached hydrogens (tertiary/aromatic N) is 3. The molecule has 158 valence electrons. The summed E-state index contributed by atoms with van der Waals surface area (Å²) in [7, 11) is 0. The largest absolute Gasteiger partial charge is 0.460 e. The molecule has 0 heterocycles. The highest BCUT2D eigenvalue weighted by Crippen LogP contribution is 2.21. The molecule has 0 unspecified atom stereocenters. The number of aryl methyl sites for hydroxylation is 1. The molecule has 0 fully saturated rings. The Morgan fingerprint density at radius 1 is 1.16 bits per heavy atom. The summed E-state index contributed by atoms with van der Waals surface area (Å²) in [5.74, 6) is -0.408. The minimum absolute atomic E-state index is 0.0591. The molecule has 6 heteroatoms. The van der Waals surface area contributed by atoms with Crippen LogP contribution in [-0.4, -0.2) is 37.4 Å². The zero-order valence-electron chi connectivity index (χ0n) is 17.8. The molecule has 0 aliphatic rings. The zero-order valence-corrected chi connectivity index (χ0v) is 17.8. The van der Waals surface area contributed by atoms with E-state index in [-0.39, 0.29) is 18.8 Å². The number of ether oxygens (including phenoxy) is 1. The second-order valence-corrected chi connectivity index (χ2v) is 6.88. The highest BCUT2D eigenvalue weighted by molar-refractivity contribution is 5.89. The average molecular weight is 415 g/mol. The van der Waals surface area contributed by atoms with Gasteiger partial charge in [0.2, 0.25) is 0 Å². The van der Waals surface area contributed by atoms with Gasteiger partial charge in [0.05, 0.1) is 18.7 Å². The third kappa shape index (κ3) is 6.30. The van der Waals surface area contributed by atoms with Crippen LogP contribution < -0.4 is 4.90 Å². The van der Waals surface area contributed by atoms with E-state index in [1.54, 1.807) is 30.3 Å². The number of rotatable bonds is 9. The van der Waals surface area contributed by atoms with E-state index in [4.69, 9.17) is 20.4 Å². The standard InChI is InChI=1S/C25H25N3O3/c1-4-28(24-10-9-23(18(2)13-24)14-20(15-26)16-27)11-12-31-25(30)22-7-5-21(6-8-22)19(3)17-29/h5-10,13-14,29H,3-4,11-12,17H2,1-2H3. The van der Waals surface area contributed by atoms with Crippen LogP contribution in [0.3, 0.4) is 0 Å². The van der Waals surface area contributed by atoms with E-state index >= 15 is 0 Å². The number of carbonyl (C=O) groups is 1. The van der Waals surface area contributed by atoms with Crippen molar-refractivity contribution in [3.8, 4) is 12.1 Å². The number of hydrogen-bond acceptors (Lipinski definition) is 6. The normalized spacial score (nSPS) is 9.84. The first-order chi connectivity index (χ1) is 14.9. The number of benzene rings is 2. The molecule has 1 N–H and O–H groups in total. The number of allylic oxidation sites excluding steroid dienone is 1. The molecule has 6 nitrogen and oxygen atoms in total. The van der Waals surface area contributed by atoms with Gasteiger partial charge in [-0.25, -0.2) is 4.79 Å². The quantitative estimate of drug-likeness (QED) is 0.489. The van der Waals surface area contributed by atoms with Crippen LogP contribution in [0, 0.1) is 29.6 Å². The molecule has 31 heavy (non-hydrogen) atoms. The summed E-state index contributed by atoms with van der Waals surface area (Å²) in [5, 5.41) is 27.0. The summed E-state index contributed by atoms with van der Waals surface area (Å²) in [6.45, 7) is 9.04. The minimum atomic E-state index is -0.408. The van der Waals surface area contributed by atoms with Crippen LogP contribution in [0.25, 0.3) is 11.6 Å². The number of carbonyl (C=O) groups excluding carboxylic acids is 1. The van der Waals surface area contributed by atoms with E-state index in [0.717, 1.165) is 28.9 Å². The average Bonchev–Trinajstić information content (AvgIpc) is 2.80. The number of hydrogen-bond donors (Lipinski definition) is 1. The van der Waals surface area contributed by atoms with Crippen molar-refractivity contribution < 1.29 is 14.6 Å². The predicted molar refractivity (Wildman–Crippen MR) is 121 cm³/mol. The summed E-state index contributed by atoms with van der Waals surface area (Å²) in [5.41, 5.74) is 4.60. The van der Waals surface area contributed by atoms with E-state index in [1.165, 1.54) is 0 Å². The summed E-state index contributed by atoms with van der Waals surface area (Å²) in [4.78, 5) is 14.4. The van der Waals surface area contributed by atoms with E-state index in [2.05, 4.69) is 11.5 Å². The van der Waals surface area contributed by atoms with Crippen LogP contribution in [0.4, 0.5) is 5.69 Å². The number of aliphatic hydroxyl groups excluding tert-OH is 1. The van der Waals surface area contributed by atoms with Gasteiger partial charge in [0.1, 0.15) is 24.3 Å². The zero-order chi connectivity index (χ0) is 22.8. The van der Waals surface area contributed by atoms with Crippen LogP contribution >= 0.6 is 0 Å². The van der Waals surface area contributed by atoms with Crippen molar-refractivity contribution >= 4 is 23.3 Å². The van der Waals surface area contributed by atoms with Gasteiger partial charge in [-0.2, -0.15) is 10.5 Å². The van der Waals surface area contributed by atoms with Gasteiger partial charge in [-0.05, 0) is 66.5 Å². The van der Waals surface area contributed by atoms with Crippen LogP contribution in [0.2, 0.25) is 0 Å². The number of likely N-dealkylation sites (N-methyl/N-ethyl adjacent to an activating group) is 1. The predicted octanol–water partition coefficient (Wildman–Crippen LogP) is 4.11. The van der Waals surface area contributed by atoms with Crippen LogP contribution in [0.1, 0.15) is 34.0 Å². The Hall–Kier alpha value is -3.87.